The quantitative estimate of drug-likeness (QED) is 0.248. The molecule has 9 heteroatoms. The van der Waals surface area contributed by atoms with E-state index in [1.54, 1.807) is 18.4 Å². The summed E-state index contributed by atoms with van der Waals surface area (Å²) in [7, 11) is 0. The fraction of sp³-hybridized carbons (Fsp3) is 0.333. The number of rotatable bonds is 10. The van der Waals surface area contributed by atoms with Crippen LogP contribution in [-0.4, -0.2) is 30.1 Å². The van der Waals surface area contributed by atoms with E-state index in [2.05, 4.69) is 59.2 Å². The Hall–Kier alpha value is -4.11. The van der Waals surface area contributed by atoms with Crippen LogP contribution < -0.4 is 5.56 Å². The minimum absolute atomic E-state index is 0.218. The van der Waals surface area contributed by atoms with Gasteiger partial charge in [-0.1, -0.05) is 32.0 Å². The van der Waals surface area contributed by atoms with Crippen LogP contribution in [0.25, 0.3) is 10.9 Å². The molecular weight excluding hydrogens is 495 g/mol. The number of benzene rings is 2. The normalized spacial score (nSPS) is 12.9. The third kappa shape index (κ3) is 5.54. The number of H-pyrrole nitrogens is 1. The highest BCUT2D eigenvalue weighted by molar-refractivity contribution is 5.80. The van der Waals surface area contributed by atoms with Crippen LogP contribution in [0, 0.1) is 5.82 Å². The Morgan fingerprint density at radius 2 is 1.82 bits per heavy atom. The Bertz CT molecular complexity index is 1610. The van der Waals surface area contributed by atoms with Gasteiger partial charge >= 0.3 is 0 Å². The Morgan fingerprint density at radius 1 is 1.05 bits per heavy atom. The van der Waals surface area contributed by atoms with Crippen molar-refractivity contribution in [3.05, 3.63) is 111 Å². The molecule has 5 aromatic rings. The van der Waals surface area contributed by atoms with E-state index in [9.17, 15) is 9.18 Å². The number of aromatic nitrogens is 5. The van der Waals surface area contributed by atoms with Gasteiger partial charge in [0, 0.05) is 17.6 Å². The molecule has 0 fully saturated rings. The minimum Gasteiger partial charge on any atom is -0.468 e. The van der Waals surface area contributed by atoms with Gasteiger partial charge < -0.3 is 9.40 Å². The number of tetrazole rings is 1. The van der Waals surface area contributed by atoms with Gasteiger partial charge in [0.05, 0.1) is 18.3 Å². The molecule has 39 heavy (non-hydrogen) atoms. The maximum Gasteiger partial charge on any atom is 0.253 e. The van der Waals surface area contributed by atoms with Gasteiger partial charge in [-0.15, -0.1) is 5.10 Å². The molecule has 0 amide bonds. The van der Waals surface area contributed by atoms with Crippen LogP contribution in [0.2, 0.25) is 0 Å². The number of aryl methyl sites for hydroxylation is 1. The summed E-state index contributed by atoms with van der Waals surface area (Å²) in [5.74, 6) is 0.965. The molecule has 1 N–H and O–H groups in total. The average Bonchev–Trinajstić information content (AvgIpc) is 3.63. The zero-order valence-electron chi connectivity index (χ0n) is 22.7. The second-order valence-corrected chi connectivity index (χ2v) is 10.5. The molecule has 0 spiro atoms. The average molecular weight is 529 g/mol. The summed E-state index contributed by atoms with van der Waals surface area (Å²) < 4.78 is 21.3. The van der Waals surface area contributed by atoms with Gasteiger partial charge in [-0.05, 0) is 96.1 Å². The van der Waals surface area contributed by atoms with Crippen LogP contribution in [0.15, 0.2) is 76.1 Å². The number of halogens is 1. The predicted molar refractivity (Wildman–Crippen MR) is 148 cm³/mol. The van der Waals surface area contributed by atoms with E-state index in [1.807, 2.05) is 35.0 Å². The lowest BCUT2D eigenvalue weighted by atomic mass is 9.98. The van der Waals surface area contributed by atoms with Crippen LogP contribution in [0.1, 0.15) is 68.4 Å². The maximum atomic E-state index is 13.8. The van der Waals surface area contributed by atoms with Crippen LogP contribution in [-0.2, 0) is 25.0 Å². The van der Waals surface area contributed by atoms with Crippen molar-refractivity contribution in [2.75, 3.05) is 0 Å². The second-order valence-electron chi connectivity index (χ2n) is 10.5. The zero-order chi connectivity index (χ0) is 27.6. The summed E-state index contributed by atoms with van der Waals surface area (Å²) in [5.41, 5.74) is 2.73. The topological polar surface area (TPSA) is 92.8 Å². The summed E-state index contributed by atoms with van der Waals surface area (Å²) >= 11 is 0. The Kier molecular flexibility index (Phi) is 7.43. The number of aromatic amines is 1. The van der Waals surface area contributed by atoms with Gasteiger partial charge in [0.25, 0.3) is 5.56 Å². The minimum atomic E-state index is -0.626. The first-order chi connectivity index (χ1) is 18.8. The fourth-order valence-corrected chi connectivity index (χ4v) is 4.81. The smallest absolute Gasteiger partial charge is 0.253 e. The highest BCUT2D eigenvalue weighted by atomic mass is 19.1. The zero-order valence-corrected chi connectivity index (χ0v) is 22.7. The lowest BCUT2D eigenvalue weighted by Crippen LogP contribution is -2.38. The molecule has 3 heterocycles. The van der Waals surface area contributed by atoms with Gasteiger partial charge in [0.1, 0.15) is 17.6 Å². The van der Waals surface area contributed by atoms with E-state index in [4.69, 9.17) is 4.42 Å². The van der Waals surface area contributed by atoms with Gasteiger partial charge in [0.15, 0.2) is 5.82 Å². The molecule has 8 nitrogen and oxygen atoms in total. The molecule has 0 aliphatic carbocycles. The lowest BCUT2D eigenvalue weighted by molar-refractivity contribution is 0.168. The Labute approximate surface area is 226 Å². The van der Waals surface area contributed by atoms with Crippen molar-refractivity contribution >= 4 is 10.9 Å². The van der Waals surface area contributed by atoms with E-state index in [0.29, 0.717) is 24.5 Å². The molecule has 0 radical (unpaired) electrons. The molecule has 1 atom stereocenters. The van der Waals surface area contributed by atoms with E-state index >= 15 is 0 Å². The van der Waals surface area contributed by atoms with Crippen LogP contribution in [0.3, 0.4) is 0 Å². The third-order valence-electron chi connectivity index (χ3n) is 7.42. The van der Waals surface area contributed by atoms with Crippen molar-refractivity contribution < 1.29 is 8.81 Å². The fourth-order valence-electron chi connectivity index (χ4n) is 4.81. The van der Waals surface area contributed by atoms with E-state index < -0.39 is 11.6 Å². The van der Waals surface area contributed by atoms with Crippen LogP contribution in [0.5, 0.6) is 0 Å². The summed E-state index contributed by atoms with van der Waals surface area (Å²) in [6.07, 6.45) is 3.29. The molecule has 0 saturated heterocycles. The highest BCUT2D eigenvalue weighted by Gasteiger charge is 2.35. The van der Waals surface area contributed by atoms with E-state index in [1.165, 1.54) is 17.7 Å². The van der Waals surface area contributed by atoms with Crippen molar-refractivity contribution in [1.29, 1.82) is 0 Å². The molecule has 5 rings (SSSR count). The number of fused-ring (bicyclic) bond motifs is 1. The van der Waals surface area contributed by atoms with E-state index in [0.717, 1.165) is 35.1 Å². The molecule has 3 aromatic heterocycles. The number of hydrogen-bond acceptors (Lipinski definition) is 6. The van der Waals surface area contributed by atoms with Crippen LogP contribution in [0.4, 0.5) is 4.39 Å². The first-order valence-corrected chi connectivity index (χ1v) is 13.2. The molecule has 0 aliphatic heterocycles. The molecule has 1 unspecified atom stereocenters. The molecular formula is C30H33FN6O2. The number of nitrogens with zero attached hydrogens (tertiary/aromatic N) is 5. The first-order valence-electron chi connectivity index (χ1n) is 13.2. The number of furan rings is 1. The molecule has 0 saturated carbocycles. The SMILES string of the molecule is CCc1ccc2[nH]c(=O)c(C(c3nnnn3C(C)(C)CC)N(Cc3ccc(F)cc3)Cc3ccco3)cc2c1. The lowest BCUT2D eigenvalue weighted by Gasteiger charge is -2.33. The summed E-state index contributed by atoms with van der Waals surface area (Å²) in [5, 5.41) is 13.8. The summed E-state index contributed by atoms with van der Waals surface area (Å²) in [6.45, 7) is 9.09. The van der Waals surface area contributed by atoms with Crippen molar-refractivity contribution in [2.45, 2.75) is 65.2 Å². The highest BCUT2D eigenvalue weighted by Crippen LogP contribution is 2.33. The van der Waals surface area contributed by atoms with Crippen LogP contribution >= 0.6 is 0 Å². The van der Waals surface area contributed by atoms with Crippen molar-refractivity contribution in [1.82, 2.24) is 30.1 Å². The van der Waals surface area contributed by atoms with Gasteiger partial charge in [-0.25, -0.2) is 9.07 Å². The van der Waals surface area contributed by atoms with E-state index in [-0.39, 0.29) is 11.4 Å². The third-order valence-corrected chi connectivity index (χ3v) is 7.42. The number of nitrogens with one attached hydrogen (secondary N) is 1. The summed E-state index contributed by atoms with van der Waals surface area (Å²) in [6, 6.07) is 17.5. The second kappa shape index (κ2) is 10.9. The predicted octanol–water partition coefficient (Wildman–Crippen LogP) is 5.75. The maximum absolute atomic E-state index is 13.8. The van der Waals surface area contributed by atoms with Crippen molar-refractivity contribution in [3.63, 3.8) is 0 Å². The standard InChI is InChI=1S/C30H33FN6O2/c1-5-20-11-14-26-22(16-20)17-25(29(38)32-26)27(28-33-34-35-37(28)30(3,4)6-2)36(19-24-8-7-15-39-24)18-21-9-12-23(31)13-10-21/h7-17,27H,5-6,18-19H2,1-4H3,(H,32,38). The van der Waals surface area contributed by atoms with Crippen molar-refractivity contribution in [2.24, 2.45) is 0 Å². The largest absolute Gasteiger partial charge is 0.468 e. The van der Waals surface area contributed by atoms with Gasteiger partial charge in [-0.2, -0.15) is 0 Å². The molecule has 2 aromatic carbocycles. The number of hydrogen-bond donors (Lipinski definition) is 1. The van der Waals surface area contributed by atoms with Gasteiger partial charge in [0.2, 0.25) is 0 Å². The van der Waals surface area contributed by atoms with Crippen molar-refractivity contribution in [3.8, 4) is 0 Å². The molecule has 0 bridgehead atoms. The monoisotopic (exact) mass is 528 g/mol. The summed E-state index contributed by atoms with van der Waals surface area (Å²) in [4.78, 5) is 18.9. The Morgan fingerprint density at radius 3 is 2.51 bits per heavy atom. The Balaban J connectivity index is 1.73. The number of pyridine rings is 1. The first kappa shape index (κ1) is 26.5. The molecule has 202 valence electrons. The van der Waals surface area contributed by atoms with Gasteiger partial charge in [-0.3, -0.25) is 9.69 Å². The molecule has 0 aliphatic rings.